The van der Waals surface area contributed by atoms with Crippen LogP contribution in [0.25, 0.3) is 0 Å². The summed E-state index contributed by atoms with van der Waals surface area (Å²) in [5.41, 5.74) is 0.625. The van der Waals surface area contributed by atoms with Gasteiger partial charge in [-0.2, -0.15) is 0 Å². The fourth-order valence-corrected chi connectivity index (χ4v) is 1.32. The van der Waals surface area contributed by atoms with E-state index in [1.165, 1.54) is 13.0 Å². The van der Waals surface area contributed by atoms with Crippen molar-refractivity contribution in [1.29, 1.82) is 0 Å². The highest BCUT2D eigenvalue weighted by Gasteiger charge is 2.05. The molecule has 70 valence electrons. The van der Waals surface area contributed by atoms with Gasteiger partial charge in [0.05, 0.1) is 0 Å². The Kier molecular flexibility index (Phi) is 6.16. The van der Waals surface area contributed by atoms with Gasteiger partial charge >= 0.3 is 0 Å². The second-order valence-electron chi connectivity index (χ2n) is 2.18. The van der Waals surface area contributed by atoms with Crippen molar-refractivity contribution in [2.45, 2.75) is 6.92 Å². The van der Waals surface area contributed by atoms with Crippen molar-refractivity contribution in [2.75, 3.05) is 18.7 Å². The van der Waals surface area contributed by atoms with Crippen LogP contribution in [0.5, 0.6) is 0 Å². The Hall–Kier alpha value is -0.250. The summed E-state index contributed by atoms with van der Waals surface area (Å²) in [6, 6.07) is 0. The van der Waals surface area contributed by atoms with Crippen molar-refractivity contribution in [2.24, 2.45) is 0 Å². The summed E-state index contributed by atoms with van der Waals surface area (Å²) in [4.78, 5) is 0. The molecule has 0 aromatic carbocycles. The molecule has 0 fully saturated rings. The van der Waals surface area contributed by atoms with Crippen LogP contribution in [0.3, 0.4) is 0 Å². The fourth-order valence-electron chi connectivity index (χ4n) is 0.675. The quantitative estimate of drug-likeness (QED) is 0.523. The predicted octanol–water partition coefficient (Wildman–Crippen LogP) is 3.49. The van der Waals surface area contributed by atoms with Crippen molar-refractivity contribution < 1.29 is 13.2 Å². The van der Waals surface area contributed by atoms with Gasteiger partial charge in [-0.15, -0.1) is 0 Å². The lowest BCUT2D eigenvalue weighted by Crippen LogP contribution is -1.93. The Bertz CT molecular complexity index is 196. The minimum Gasteiger partial charge on any atom is -0.247 e. The number of halogens is 4. The smallest absolute Gasteiger partial charge is 0.141 e. The molecule has 0 unspecified atom stereocenters. The normalized spacial score (nSPS) is 14.6. The van der Waals surface area contributed by atoms with Crippen molar-refractivity contribution in [3.8, 4) is 0 Å². The van der Waals surface area contributed by atoms with Gasteiger partial charge in [0.25, 0.3) is 0 Å². The zero-order valence-electron chi connectivity index (χ0n) is 6.71. The second kappa shape index (κ2) is 6.29. The molecule has 0 amide bonds. The lowest BCUT2D eigenvalue weighted by Gasteiger charge is -2.03. The van der Waals surface area contributed by atoms with Crippen LogP contribution in [0.2, 0.25) is 0 Å². The van der Waals surface area contributed by atoms with Crippen LogP contribution in [0.1, 0.15) is 6.92 Å². The molecule has 0 atom stereocenters. The molecular formula is C8H10BrF3. The number of rotatable bonds is 4. The van der Waals surface area contributed by atoms with Crippen LogP contribution in [-0.4, -0.2) is 18.7 Å². The first-order valence-corrected chi connectivity index (χ1v) is 4.52. The van der Waals surface area contributed by atoms with E-state index in [9.17, 15) is 13.2 Å². The third-order valence-corrected chi connectivity index (χ3v) is 2.08. The van der Waals surface area contributed by atoms with E-state index in [4.69, 9.17) is 0 Å². The maximum absolute atomic E-state index is 12.6. The van der Waals surface area contributed by atoms with E-state index in [2.05, 4.69) is 15.9 Å². The van der Waals surface area contributed by atoms with Gasteiger partial charge in [0.2, 0.25) is 0 Å². The molecule has 0 heterocycles. The van der Waals surface area contributed by atoms with E-state index in [1.807, 2.05) is 0 Å². The summed E-state index contributed by atoms with van der Waals surface area (Å²) < 4.78 is 36.2. The molecule has 0 radical (unpaired) electrons. The zero-order valence-corrected chi connectivity index (χ0v) is 8.30. The SMILES string of the molecule is CC(/C(=C\CF)CBr)=C(\F)CF. The first kappa shape index (κ1) is 11.8. The first-order chi connectivity index (χ1) is 5.67. The van der Waals surface area contributed by atoms with Gasteiger partial charge in [0, 0.05) is 5.33 Å². The molecule has 0 spiro atoms. The van der Waals surface area contributed by atoms with Crippen molar-refractivity contribution in [1.82, 2.24) is 0 Å². The van der Waals surface area contributed by atoms with Crippen LogP contribution >= 0.6 is 15.9 Å². The van der Waals surface area contributed by atoms with Crippen LogP contribution in [-0.2, 0) is 0 Å². The predicted molar refractivity (Wildman–Crippen MR) is 47.6 cm³/mol. The minimum absolute atomic E-state index is 0.173. The maximum Gasteiger partial charge on any atom is 0.141 e. The van der Waals surface area contributed by atoms with E-state index >= 15 is 0 Å². The van der Waals surface area contributed by atoms with Crippen LogP contribution in [0.15, 0.2) is 23.0 Å². The third-order valence-electron chi connectivity index (χ3n) is 1.47. The summed E-state index contributed by atoms with van der Waals surface area (Å²) in [6.45, 7) is -0.377. The molecule has 0 aliphatic rings. The van der Waals surface area contributed by atoms with Gasteiger partial charge < -0.3 is 0 Å². The Balaban J connectivity index is 4.63. The van der Waals surface area contributed by atoms with Gasteiger partial charge in [0.1, 0.15) is 19.2 Å². The van der Waals surface area contributed by atoms with E-state index in [0.29, 0.717) is 10.9 Å². The van der Waals surface area contributed by atoms with Crippen LogP contribution in [0.4, 0.5) is 13.2 Å². The standard InChI is InChI=1S/C8H10BrF3/c1-6(8(12)5-11)7(4-9)2-3-10/h2H,3-5H2,1H3/b7-2-,8-6+. The Morgan fingerprint density at radius 3 is 2.33 bits per heavy atom. The largest absolute Gasteiger partial charge is 0.247 e. The molecule has 0 bridgehead atoms. The molecule has 0 N–H and O–H groups in total. The molecule has 0 saturated carbocycles. The molecule has 0 aliphatic heterocycles. The fraction of sp³-hybridized carbons (Fsp3) is 0.500. The highest BCUT2D eigenvalue weighted by atomic mass is 79.9. The van der Waals surface area contributed by atoms with E-state index in [-0.39, 0.29) is 5.57 Å². The van der Waals surface area contributed by atoms with Crippen molar-refractivity contribution in [3.05, 3.63) is 23.0 Å². The van der Waals surface area contributed by atoms with E-state index in [1.54, 1.807) is 0 Å². The molecule has 4 heteroatoms. The highest BCUT2D eigenvalue weighted by molar-refractivity contribution is 9.09. The Morgan fingerprint density at radius 2 is 2.00 bits per heavy atom. The Labute approximate surface area is 78.3 Å². The number of hydrogen-bond acceptors (Lipinski definition) is 0. The summed E-state index contributed by atoms with van der Waals surface area (Å²) in [5.74, 6) is -0.839. The second-order valence-corrected chi connectivity index (χ2v) is 2.74. The molecule has 0 aromatic heterocycles. The van der Waals surface area contributed by atoms with Crippen molar-refractivity contribution in [3.63, 3.8) is 0 Å². The lowest BCUT2D eigenvalue weighted by atomic mass is 10.1. The molecule has 0 aromatic rings. The van der Waals surface area contributed by atoms with Crippen LogP contribution < -0.4 is 0 Å². The van der Waals surface area contributed by atoms with Crippen molar-refractivity contribution >= 4 is 15.9 Å². The summed E-state index contributed by atoms with van der Waals surface area (Å²) >= 11 is 3.06. The first-order valence-electron chi connectivity index (χ1n) is 3.39. The number of hydrogen-bond donors (Lipinski definition) is 0. The molecular weight excluding hydrogens is 233 g/mol. The molecule has 0 saturated heterocycles. The minimum atomic E-state index is -1.14. The summed E-state index contributed by atoms with van der Waals surface area (Å²) in [7, 11) is 0. The summed E-state index contributed by atoms with van der Waals surface area (Å²) in [5, 5.41) is 0.330. The van der Waals surface area contributed by atoms with E-state index in [0.717, 1.165) is 0 Å². The Morgan fingerprint density at radius 1 is 1.42 bits per heavy atom. The van der Waals surface area contributed by atoms with Gasteiger partial charge in [-0.05, 0) is 24.1 Å². The number of allylic oxidation sites excluding steroid dienone is 4. The van der Waals surface area contributed by atoms with Gasteiger partial charge in [-0.1, -0.05) is 15.9 Å². The van der Waals surface area contributed by atoms with Crippen LogP contribution in [0, 0.1) is 0 Å². The maximum atomic E-state index is 12.6. The van der Waals surface area contributed by atoms with E-state index < -0.39 is 19.2 Å². The summed E-state index contributed by atoms with van der Waals surface area (Å²) in [6.07, 6.45) is 1.22. The highest BCUT2D eigenvalue weighted by Crippen LogP contribution is 2.17. The molecule has 12 heavy (non-hydrogen) atoms. The topological polar surface area (TPSA) is 0 Å². The third kappa shape index (κ3) is 3.43. The molecule has 0 nitrogen and oxygen atoms in total. The van der Waals surface area contributed by atoms with Gasteiger partial charge in [-0.25, -0.2) is 13.2 Å². The number of alkyl halides is 3. The zero-order chi connectivity index (χ0) is 9.56. The average molecular weight is 243 g/mol. The molecule has 0 aliphatic carbocycles. The van der Waals surface area contributed by atoms with Gasteiger partial charge in [-0.3, -0.25) is 0 Å². The monoisotopic (exact) mass is 242 g/mol. The lowest BCUT2D eigenvalue weighted by molar-refractivity contribution is 0.454. The average Bonchev–Trinajstić information content (AvgIpc) is 2.11. The van der Waals surface area contributed by atoms with Gasteiger partial charge in [0.15, 0.2) is 0 Å². The molecule has 0 rings (SSSR count).